The van der Waals surface area contributed by atoms with Crippen molar-refractivity contribution in [2.75, 3.05) is 13.3 Å². The van der Waals surface area contributed by atoms with Crippen LogP contribution >= 0.6 is 6.89 Å². The SMILES string of the molecule is C=P(C)(C)c1c(C(C)C)cc(F)c2nc(C)ccc12. The van der Waals surface area contributed by atoms with Crippen molar-refractivity contribution < 1.29 is 4.39 Å². The number of nitrogens with zero attached hydrogens (tertiary/aromatic N) is 1. The van der Waals surface area contributed by atoms with Crippen molar-refractivity contribution in [1.29, 1.82) is 0 Å². The molecular weight excluding hydrogens is 256 g/mol. The normalized spacial score (nSPS) is 12.4. The maximum Gasteiger partial charge on any atom is 0.149 e. The second kappa shape index (κ2) is 4.76. The molecule has 1 aromatic heterocycles. The van der Waals surface area contributed by atoms with Crippen molar-refractivity contribution in [3.8, 4) is 0 Å². The van der Waals surface area contributed by atoms with Gasteiger partial charge in [-0.05, 0) is 49.2 Å². The third-order valence-corrected chi connectivity index (χ3v) is 5.01. The topological polar surface area (TPSA) is 12.9 Å². The Morgan fingerprint density at radius 2 is 1.89 bits per heavy atom. The first kappa shape index (κ1) is 14.3. The van der Waals surface area contributed by atoms with Crippen LogP contribution in [0.4, 0.5) is 4.39 Å². The average Bonchev–Trinajstić information content (AvgIpc) is 2.27. The fourth-order valence-corrected chi connectivity index (χ4v) is 4.33. The van der Waals surface area contributed by atoms with Crippen LogP contribution in [0.25, 0.3) is 10.9 Å². The summed E-state index contributed by atoms with van der Waals surface area (Å²) >= 11 is 0. The summed E-state index contributed by atoms with van der Waals surface area (Å²) in [6, 6.07) is 5.60. The van der Waals surface area contributed by atoms with Gasteiger partial charge in [-0.15, -0.1) is 0 Å². The highest BCUT2D eigenvalue weighted by Gasteiger charge is 2.19. The van der Waals surface area contributed by atoms with Gasteiger partial charge < -0.3 is 0 Å². The highest BCUT2D eigenvalue weighted by Crippen LogP contribution is 2.40. The molecule has 0 spiro atoms. The quantitative estimate of drug-likeness (QED) is 0.752. The third-order valence-electron chi connectivity index (χ3n) is 3.30. The maximum absolute atomic E-state index is 14.3. The van der Waals surface area contributed by atoms with Gasteiger partial charge in [-0.1, -0.05) is 33.1 Å². The van der Waals surface area contributed by atoms with Crippen LogP contribution in [0.1, 0.15) is 31.0 Å². The van der Waals surface area contributed by atoms with Crippen molar-refractivity contribution in [2.45, 2.75) is 26.7 Å². The highest BCUT2D eigenvalue weighted by molar-refractivity contribution is 7.79. The van der Waals surface area contributed by atoms with Crippen molar-refractivity contribution in [3.05, 3.63) is 35.3 Å². The Labute approximate surface area is 114 Å². The van der Waals surface area contributed by atoms with Gasteiger partial charge in [0.2, 0.25) is 0 Å². The lowest BCUT2D eigenvalue weighted by atomic mass is 10.00. The van der Waals surface area contributed by atoms with E-state index in [0.717, 1.165) is 16.6 Å². The first-order valence-corrected chi connectivity index (χ1v) is 9.37. The molecule has 0 radical (unpaired) electrons. The van der Waals surface area contributed by atoms with Crippen LogP contribution in [-0.2, 0) is 0 Å². The van der Waals surface area contributed by atoms with Crippen molar-refractivity contribution in [3.63, 3.8) is 0 Å². The van der Waals surface area contributed by atoms with E-state index in [1.807, 2.05) is 19.1 Å². The minimum Gasteiger partial charge on any atom is -0.250 e. The standard InChI is InChI=1S/C16H21FNP/c1-10(2)13-9-14(17)15-12(8-7-11(3)18-15)16(13)19(4,5)6/h7-10H,4H2,1-3,5-6H3. The molecule has 3 heteroatoms. The summed E-state index contributed by atoms with van der Waals surface area (Å²) in [5.74, 6) is 0.0656. The van der Waals surface area contributed by atoms with Gasteiger partial charge in [0.15, 0.2) is 0 Å². The monoisotopic (exact) mass is 277 g/mol. The zero-order valence-electron chi connectivity index (χ0n) is 12.3. The van der Waals surface area contributed by atoms with E-state index in [4.69, 9.17) is 0 Å². The van der Waals surface area contributed by atoms with E-state index in [9.17, 15) is 4.39 Å². The summed E-state index contributed by atoms with van der Waals surface area (Å²) in [6.07, 6.45) is 4.35. The number of aromatic nitrogens is 1. The minimum atomic E-state index is -1.50. The molecule has 0 amide bonds. The molecule has 0 fully saturated rings. The van der Waals surface area contributed by atoms with E-state index >= 15 is 0 Å². The van der Waals surface area contributed by atoms with Gasteiger partial charge in [0.25, 0.3) is 0 Å². The predicted molar refractivity (Wildman–Crippen MR) is 86.1 cm³/mol. The summed E-state index contributed by atoms with van der Waals surface area (Å²) < 4.78 is 14.3. The molecule has 0 saturated carbocycles. The number of benzene rings is 1. The smallest absolute Gasteiger partial charge is 0.149 e. The predicted octanol–water partition coefficient (Wildman–Crippen LogP) is 4.14. The Bertz CT molecular complexity index is 683. The van der Waals surface area contributed by atoms with E-state index in [1.54, 1.807) is 6.07 Å². The number of hydrogen-bond donors (Lipinski definition) is 0. The number of halogens is 1. The summed E-state index contributed by atoms with van der Waals surface area (Å²) in [5.41, 5.74) is 2.40. The van der Waals surface area contributed by atoms with Gasteiger partial charge in [0.05, 0.1) is 0 Å². The fraction of sp³-hybridized carbons (Fsp3) is 0.375. The van der Waals surface area contributed by atoms with Crippen LogP contribution in [0, 0.1) is 12.7 Å². The molecule has 0 aliphatic heterocycles. The van der Waals surface area contributed by atoms with E-state index < -0.39 is 6.89 Å². The van der Waals surface area contributed by atoms with Gasteiger partial charge in [-0.3, -0.25) is 4.98 Å². The van der Waals surface area contributed by atoms with Gasteiger partial charge >= 0.3 is 0 Å². The largest absolute Gasteiger partial charge is 0.250 e. The number of aryl methyl sites for hydroxylation is 1. The Hall–Kier alpha value is -1.14. The molecule has 19 heavy (non-hydrogen) atoms. The lowest BCUT2D eigenvalue weighted by molar-refractivity contribution is 0.633. The molecule has 0 unspecified atom stereocenters. The van der Waals surface area contributed by atoms with Crippen LogP contribution in [0.3, 0.4) is 0 Å². The van der Waals surface area contributed by atoms with Gasteiger partial charge in [-0.2, -0.15) is 0 Å². The van der Waals surface area contributed by atoms with E-state index in [1.165, 1.54) is 5.30 Å². The first-order chi connectivity index (χ1) is 8.71. The maximum atomic E-state index is 14.3. The van der Waals surface area contributed by atoms with Gasteiger partial charge in [-0.25, -0.2) is 4.39 Å². The fourth-order valence-electron chi connectivity index (χ4n) is 2.47. The second-order valence-electron chi connectivity index (χ2n) is 5.98. The van der Waals surface area contributed by atoms with Crippen molar-refractivity contribution >= 4 is 29.4 Å². The lowest BCUT2D eigenvalue weighted by Gasteiger charge is -2.23. The molecule has 0 N–H and O–H groups in total. The summed E-state index contributed by atoms with van der Waals surface area (Å²) in [7, 11) is 0. The molecule has 0 aliphatic rings. The Balaban J connectivity index is 2.99. The molecule has 102 valence electrons. The van der Waals surface area contributed by atoms with Crippen LogP contribution < -0.4 is 5.30 Å². The van der Waals surface area contributed by atoms with E-state index in [-0.39, 0.29) is 11.7 Å². The molecule has 2 rings (SSSR count). The van der Waals surface area contributed by atoms with E-state index in [2.05, 4.69) is 38.5 Å². The van der Waals surface area contributed by atoms with Gasteiger partial charge in [0.1, 0.15) is 11.3 Å². The molecule has 0 atom stereocenters. The summed E-state index contributed by atoms with van der Waals surface area (Å²) in [5, 5.41) is 2.15. The average molecular weight is 277 g/mol. The number of pyridine rings is 1. The highest BCUT2D eigenvalue weighted by atomic mass is 31.2. The third kappa shape index (κ3) is 2.60. The minimum absolute atomic E-state index is 0.223. The Morgan fingerprint density at radius 3 is 2.42 bits per heavy atom. The zero-order chi connectivity index (χ0) is 14.4. The molecule has 1 nitrogen and oxygen atoms in total. The molecule has 1 aromatic carbocycles. The summed E-state index contributed by atoms with van der Waals surface area (Å²) in [4.78, 5) is 4.36. The molecule has 2 aromatic rings. The number of hydrogen-bond acceptors (Lipinski definition) is 1. The second-order valence-corrected chi connectivity index (χ2v) is 9.80. The molecule has 0 bridgehead atoms. The molecule has 0 aliphatic carbocycles. The Morgan fingerprint density at radius 1 is 1.26 bits per heavy atom. The number of fused-ring (bicyclic) bond motifs is 1. The van der Waals surface area contributed by atoms with E-state index in [0.29, 0.717) is 5.52 Å². The van der Waals surface area contributed by atoms with Crippen LogP contribution in [0.5, 0.6) is 0 Å². The van der Waals surface area contributed by atoms with Crippen LogP contribution in [0.2, 0.25) is 0 Å². The van der Waals surface area contributed by atoms with Crippen molar-refractivity contribution in [2.24, 2.45) is 0 Å². The summed E-state index contributed by atoms with van der Waals surface area (Å²) in [6.45, 7) is 8.93. The first-order valence-electron chi connectivity index (χ1n) is 6.50. The van der Waals surface area contributed by atoms with Gasteiger partial charge in [0, 0.05) is 11.1 Å². The van der Waals surface area contributed by atoms with Crippen molar-refractivity contribution in [1.82, 2.24) is 4.98 Å². The lowest BCUT2D eigenvalue weighted by Crippen LogP contribution is -2.15. The zero-order valence-corrected chi connectivity index (χ0v) is 13.2. The molecule has 0 saturated heterocycles. The Kier molecular flexibility index (Phi) is 3.57. The molecular formula is C16H21FNP. The number of rotatable bonds is 2. The van der Waals surface area contributed by atoms with Crippen LogP contribution in [0.15, 0.2) is 18.2 Å². The molecule has 1 heterocycles. The van der Waals surface area contributed by atoms with Crippen LogP contribution in [-0.4, -0.2) is 24.6 Å².